The van der Waals surface area contributed by atoms with Crippen LogP contribution in [0.5, 0.6) is 0 Å². The van der Waals surface area contributed by atoms with Crippen LogP contribution in [0.2, 0.25) is 0 Å². The molecule has 3 rings (SSSR count). The summed E-state index contributed by atoms with van der Waals surface area (Å²) in [5, 5.41) is 6.92. The van der Waals surface area contributed by atoms with Crippen LogP contribution < -0.4 is 5.32 Å². The molecule has 1 atom stereocenters. The summed E-state index contributed by atoms with van der Waals surface area (Å²) in [5.41, 5.74) is 0.933. The van der Waals surface area contributed by atoms with Gasteiger partial charge in [0.2, 0.25) is 5.91 Å². The van der Waals surface area contributed by atoms with Crippen LogP contribution >= 0.6 is 0 Å². The van der Waals surface area contributed by atoms with Crippen LogP contribution in [-0.4, -0.2) is 73.3 Å². The molecule has 1 aromatic rings. The topological polar surface area (TPSA) is 70.8 Å². The zero-order valence-electron chi connectivity index (χ0n) is 14.7. The van der Waals surface area contributed by atoms with Crippen LogP contribution in [-0.2, 0) is 16.1 Å². The predicted molar refractivity (Wildman–Crippen MR) is 89.5 cm³/mol. The van der Waals surface area contributed by atoms with Gasteiger partial charge in [0.15, 0.2) is 0 Å². The van der Waals surface area contributed by atoms with Gasteiger partial charge in [-0.05, 0) is 19.8 Å². The van der Waals surface area contributed by atoms with Crippen LogP contribution in [0.25, 0.3) is 0 Å². The van der Waals surface area contributed by atoms with E-state index in [-0.39, 0.29) is 11.8 Å². The second-order valence-corrected chi connectivity index (χ2v) is 6.81. The third kappa shape index (κ3) is 4.34. The van der Waals surface area contributed by atoms with E-state index in [2.05, 4.69) is 20.3 Å². The number of nitrogens with one attached hydrogen (secondary N) is 1. The Bertz CT molecular complexity index is 542. The number of aryl methyl sites for hydroxylation is 1. The number of carbonyl (C=O) groups is 1. The van der Waals surface area contributed by atoms with Crippen molar-refractivity contribution < 1.29 is 14.1 Å². The van der Waals surface area contributed by atoms with Gasteiger partial charge >= 0.3 is 0 Å². The minimum atomic E-state index is -0.0201. The Morgan fingerprint density at radius 2 is 2.12 bits per heavy atom. The molecule has 2 aliphatic heterocycles. The van der Waals surface area contributed by atoms with E-state index in [9.17, 15) is 4.79 Å². The average Bonchev–Trinajstić information content (AvgIpc) is 2.89. The van der Waals surface area contributed by atoms with E-state index in [1.165, 1.54) is 0 Å². The van der Waals surface area contributed by atoms with Gasteiger partial charge in [0.05, 0.1) is 11.6 Å². The first-order valence-electron chi connectivity index (χ1n) is 8.83. The molecule has 1 amide bonds. The minimum absolute atomic E-state index is 0.0201. The van der Waals surface area contributed by atoms with Gasteiger partial charge in [0.1, 0.15) is 5.76 Å². The fourth-order valence-electron chi connectivity index (χ4n) is 3.72. The van der Waals surface area contributed by atoms with Crippen molar-refractivity contribution in [1.82, 2.24) is 20.3 Å². The van der Waals surface area contributed by atoms with Crippen LogP contribution in [0.3, 0.4) is 0 Å². The Morgan fingerprint density at radius 3 is 2.79 bits per heavy atom. The molecule has 1 aromatic heterocycles. The number of rotatable bonds is 4. The lowest BCUT2D eigenvalue weighted by molar-refractivity contribution is -0.125. The fraction of sp³-hybridized carbons (Fsp3) is 0.765. The van der Waals surface area contributed by atoms with Crippen molar-refractivity contribution in [3.63, 3.8) is 0 Å². The van der Waals surface area contributed by atoms with Gasteiger partial charge in [0, 0.05) is 65.1 Å². The van der Waals surface area contributed by atoms with Crippen molar-refractivity contribution in [1.29, 1.82) is 0 Å². The van der Waals surface area contributed by atoms with Crippen molar-refractivity contribution in [2.75, 3.05) is 46.4 Å². The molecule has 2 fully saturated rings. The van der Waals surface area contributed by atoms with Crippen molar-refractivity contribution in [3.8, 4) is 0 Å². The fourth-order valence-corrected chi connectivity index (χ4v) is 3.72. The average molecular weight is 336 g/mol. The molecule has 3 heterocycles. The molecule has 7 nitrogen and oxygen atoms in total. The lowest BCUT2D eigenvalue weighted by Gasteiger charge is -2.34. The van der Waals surface area contributed by atoms with Crippen molar-refractivity contribution in [3.05, 3.63) is 17.5 Å². The third-order valence-corrected chi connectivity index (χ3v) is 5.02. The molecule has 2 saturated heterocycles. The maximum Gasteiger partial charge on any atom is 0.225 e. The Hall–Kier alpha value is -1.44. The molecule has 0 saturated carbocycles. The summed E-state index contributed by atoms with van der Waals surface area (Å²) in [6.45, 7) is 7.78. The molecular formula is C17H28N4O3. The highest BCUT2D eigenvalue weighted by atomic mass is 16.5. The number of hydrogen-bond acceptors (Lipinski definition) is 6. The van der Waals surface area contributed by atoms with Gasteiger partial charge in [-0.15, -0.1) is 0 Å². The SMILES string of the molecule is CNC(=O)[C@H]1CN(Cc2cc(C)on2)CCN(C2CCOCC2)C1. The first-order valence-corrected chi connectivity index (χ1v) is 8.83. The van der Waals surface area contributed by atoms with E-state index in [1.54, 1.807) is 7.05 Å². The summed E-state index contributed by atoms with van der Waals surface area (Å²) < 4.78 is 10.7. The van der Waals surface area contributed by atoms with Gasteiger partial charge in [-0.1, -0.05) is 5.16 Å². The molecule has 134 valence electrons. The van der Waals surface area contributed by atoms with E-state index in [1.807, 2.05) is 13.0 Å². The highest BCUT2D eigenvalue weighted by Crippen LogP contribution is 2.20. The maximum atomic E-state index is 12.3. The first-order chi connectivity index (χ1) is 11.7. The third-order valence-electron chi connectivity index (χ3n) is 5.02. The maximum absolute atomic E-state index is 12.3. The molecule has 0 aromatic carbocycles. The van der Waals surface area contributed by atoms with Gasteiger partial charge in [-0.3, -0.25) is 14.6 Å². The summed E-state index contributed by atoms with van der Waals surface area (Å²) in [4.78, 5) is 17.1. The Balaban J connectivity index is 1.67. The van der Waals surface area contributed by atoms with Gasteiger partial charge in [-0.25, -0.2) is 0 Å². The molecule has 0 aliphatic carbocycles. The highest BCUT2D eigenvalue weighted by Gasteiger charge is 2.31. The van der Waals surface area contributed by atoms with E-state index in [4.69, 9.17) is 9.26 Å². The van der Waals surface area contributed by atoms with Gasteiger partial charge in [0.25, 0.3) is 0 Å². The van der Waals surface area contributed by atoms with Crippen LogP contribution in [0.1, 0.15) is 24.3 Å². The second kappa shape index (κ2) is 8.09. The first kappa shape index (κ1) is 17.4. The molecule has 0 radical (unpaired) electrons. The molecule has 0 unspecified atom stereocenters. The Kier molecular flexibility index (Phi) is 5.86. The normalized spacial score (nSPS) is 24.7. The Morgan fingerprint density at radius 1 is 1.33 bits per heavy atom. The minimum Gasteiger partial charge on any atom is -0.381 e. The van der Waals surface area contributed by atoms with Crippen molar-refractivity contribution in [2.24, 2.45) is 5.92 Å². The molecule has 0 spiro atoms. The number of nitrogens with zero attached hydrogens (tertiary/aromatic N) is 3. The molecule has 7 heteroatoms. The summed E-state index contributed by atoms with van der Waals surface area (Å²) >= 11 is 0. The number of carbonyl (C=O) groups excluding carboxylic acids is 1. The lowest BCUT2D eigenvalue weighted by atomic mass is 10.0. The number of aromatic nitrogens is 1. The van der Waals surface area contributed by atoms with Gasteiger partial charge < -0.3 is 14.6 Å². The molecule has 24 heavy (non-hydrogen) atoms. The number of hydrogen-bond donors (Lipinski definition) is 1. The van der Waals surface area contributed by atoms with Crippen molar-refractivity contribution >= 4 is 5.91 Å². The van der Waals surface area contributed by atoms with E-state index in [0.29, 0.717) is 6.04 Å². The zero-order valence-corrected chi connectivity index (χ0v) is 14.7. The largest absolute Gasteiger partial charge is 0.381 e. The van der Waals surface area contributed by atoms with Crippen LogP contribution in [0.15, 0.2) is 10.6 Å². The second-order valence-electron chi connectivity index (χ2n) is 6.81. The molecule has 1 N–H and O–H groups in total. The molecule has 0 bridgehead atoms. The summed E-state index contributed by atoms with van der Waals surface area (Å²) in [6.07, 6.45) is 2.12. The summed E-state index contributed by atoms with van der Waals surface area (Å²) in [7, 11) is 1.72. The molecule has 2 aliphatic rings. The Labute approximate surface area is 143 Å². The van der Waals surface area contributed by atoms with E-state index < -0.39 is 0 Å². The van der Waals surface area contributed by atoms with E-state index in [0.717, 1.165) is 70.2 Å². The van der Waals surface area contributed by atoms with Gasteiger partial charge in [-0.2, -0.15) is 0 Å². The monoisotopic (exact) mass is 336 g/mol. The van der Waals surface area contributed by atoms with Crippen LogP contribution in [0, 0.1) is 12.8 Å². The van der Waals surface area contributed by atoms with Crippen LogP contribution in [0.4, 0.5) is 0 Å². The quantitative estimate of drug-likeness (QED) is 0.870. The summed E-state index contributed by atoms with van der Waals surface area (Å²) in [6, 6.07) is 2.50. The van der Waals surface area contributed by atoms with E-state index >= 15 is 0 Å². The standard InChI is InChI=1S/C17H28N4O3/c1-13-9-15(19-24-13)12-20-5-6-21(16-3-7-23-8-4-16)11-14(10-20)17(22)18-2/h9,14,16H,3-8,10-12H2,1-2H3,(H,18,22)/t14-/m0/s1. The molecular weight excluding hydrogens is 308 g/mol. The highest BCUT2D eigenvalue weighted by molar-refractivity contribution is 5.78. The van der Waals surface area contributed by atoms with Crippen molar-refractivity contribution in [2.45, 2.75) is 32.4 Å². The predicted octanol–water partition coefficient (Wildman–Crippen LogP) is 0.642. The number of ether oxygens (including phenoxy) is 1. The zero-order chi connectivity index (χ0) is 16.9. The lowest BCUT2D eigenvalue weighted by Crippen LogP contribution is -2.45. The summed E-state index contributed by atoms with van der Waals surface area (Å²) in [5.74, 6) is 0.926. The smallest absolute Gasteiger partial charge is 0.225 e. The number of amides is 1.